The van der Waals surface area contributed by atoms with Crippen molar-refractivity contribution in [1.82, 2.24) is 49.0 Å². The summed E-state index contributed by atoms with van der Waals surface area (Å²) in [5.74, 6) is -0.665. The number of amides is 4. The van der Waals surface area contributed by atoms with Crippen LogP contribution in [0.15, 0.2) is 97.3 Å². The van der Waals surface area contributed by atoms with Gasteiger partial charge in [-0.3, -0.25) is 9.59 Å². The van der Waals surface area contributed by atoms with Crippen molar-refractivity contribution in [2.45, 2.75) is 77.5 Å². The van der Waals surface area contributed by atoms with E-state index in [4.69, 9.17) is 9.47 Å². The van der Waals surface area contributed by atoms with E-state index < -0.39 is 68.2 Å². The molecule has 6 aromatic rings. The van der Waals surface area contributed by atoms with Crippen LogP contribution in [-0.4, -0.2) is 144 Å². The molecule has 78 heavy (non-hydrogen) atoms. The van der Waals surface area contributed by atoms with Crippen molar-refractivity contribution in [3.05, 3.63) is 131 Å². The van der Waals surface area contributed by atoms with Gasteiger partial charge in [-0.2, -0.15) is 8.61 Å². The average Bonchev–Trinajstić information content (AvgIpc) is 4.30. The van der Waals surface area contributed by atoms with Crippen molar-refractivity contribution in [2.24, 2.45) is 11.8 Å². The predicted octanol–water partition coefficient (Wildman–Crippen LogP) is 6.65. The van der Waals surface area contributed by atoms with Crippen LogP contribution in [0.1, 0.15) is 73.7 Å². The van der Waals surface area contributed by atoms with Gasteiger partial charge >= 0.3 is 12.2 Å². The molecular formula is C56H66N10O10S2. The number of rotatable bonds is 14. The fraction of sp³-hybridized carbons (Fsp3) is 0.393. The number of methoxy groups -OCH3 is 2. The molecule has 12 rings (SSSR count). The summed E-state index contributed by atoms with van der Waals surface area (Å²) in [7, 11) is -4.90. The van der Waals surface area contributed by atoms with Crippen LogP contribution < -0.4 is 10.6 Å². The van der Waals surface area contributed by atoms with E-state index in [2.05, 4.69) is 91.2 Å². The Balaban J connectivity index is 0.901. The van der Waals surface area contributed by atoms with E-state index in [9.17, 15) is 36.0 Å². The lowest BCUT2D eigenvalue weighted by atomic mass is 9.87. The second kappa shape index (κ2) is 22.5. The SMILES string of the molecule is COC(=O)NC(C(=O)N1CN(S(C)(=O)=O)CC1c1ncc(-c2ccc(-c3cc4ccc3CCc3ccc(c(-c5ccc(-c6cnc(C7CN(S(C)(=O)=O)CN7C(=O)C(NC(=O)OC)C(C)C)[nH]6)cc5)c3)CC4)cc2)[nH]1)C(C)C. The van der Waals surface area contributed by atoms with Crippen LogP contribution in [0.3, 0.4) is 0 Å². The number of nitrogens with zero attached hydrogens (tertiary/aromatic N) is 6. The lowest BCUT2D eigenvalue weighted by molar-refractivity contribution is -0.136. The molecule has 4 bridgehead atoms. The molecule has 4 N–H and O–H groups in total. The smallest absolute Gasteiger partial charge is 0.407 e. The maximum Gasteiger partial charge on any atom is 0.407 e. The molecule has 6 aliphatic rings. The largest absolute Gasteiger partial charge is 0.453 e. The summed E-state index contributed by atoms with van der Waals surface area (Å²) in [5.41, 5.74) is 12.4. The monoisotopic (exact) mass is 1100 g/mol. The summed E-state index contributed by atoms with van der Waals surface area (Å²) in [6.45, 7) is 6.78. The summed E-state index contributed by atoms with van der Waals surface area (Å²) >= 11 is 0. The molecule has 0 radical (unpaired) electrons. The van der Waals surface area contributed by atoms with Gasteiger partial charge < -0.3 is 39.9 Å². The van der Waals surface area contributed by atoms with Gasteiger partial charge in [0.1, 0.15) is 35.8 Å². The number of sulfonamides is 2. The van der Waals surface area contributed by atoms with Gasteiger partial charge in [0.15, 0.2) is 0 Å². The maximum absolute atomic E-state index is 14.0. The van der Waals surface area contributed by atoms with E-state index in [1.54, 1.807) is 40.1 Å². The Bertz CT molecular complexity index is 3220. The van der Waals surface area contributed by atoms with Gasteiger partial charge in [-0.15, -0.1) is 0 Å². The summed E-state index contributed by atoms with van der Waals surface area (Å²) in [6, 6.07) is 26.6. The summed E-state index contributed by atoms with van der Waals surface area (Å²) in [4.78, 5) is 71.2. The zero-order valence-corrected chi connectivity index (χ0v) is 46.6. The average molecular weight is 1100 g/mol. The quantitative estimate of drug-likeness (QED) is 0.0895. The first-order valence-corrected chi connectivity index (χ1v) is 29.5. The number of nitrogens with one attached hydrogen (secondary N) is 4. The highest BCUT2D eigenvalue weighted by Crippen LogP contribution is 2.36. The van der Waals surface area contributed by atoms with Crippen LogP contribution in [0, 0.1) is 11.8 Å². The van der Waals surface area contributed by atoms with Crippen LogP contribution >= 0.6 is 0 Å². The van der Waals surface area contributed by atoms with Crippen LogP contribution in [0.2, 0.25) is 0 Å². The van der Waals surface area contributed by atoms with Crippen LogP contribution in [-0.2, 0) is 64.8 Å². The molecule has 4 atom stereocenters. The van der Waals surface area contributed by atoms with E-state index in [1.165, 1.54) is 54.9 Å². The van der Waals surface area contributed by atoms with Crippen LogP contribution in [0.5, 0.6) is 0 Å². The predicted molar refractivity (Wildman–Crippen MR) is 294 cm³/mol. The summed E-state index contributed by atoms with van der Waals surface area (Å²) in [5, 5.41) is 5.21. The number of aryl methyl sites for hydroxylation is 4. The molecule has 0 spiro atoms. The number of carbonyl (C=O) groups excluding carboxylic acids is 4. The van der Waals surface area contributed by atoms with Crippen molar-refractivity contribution in [1.29, 1.82) is 0 Å². The molecule has 0 saturated carbocycles. The van der Waals surface area contributed by atoms with Crippen molar-refractivity contribution < 1.29 is 45.5 Å². The van der Waals surface area contributed by atoms with Crippen molar-refractivity contribution in [3.63, 3.8) is 0 Å². The van der Waals surface area contributed by atoms with Crippen molar-refractivity contribution in [2.75, 3.05) is 53.2 Å². The lowest BCUT2D eigenvalue weighted by Crippen LogP contribution is -2.51. The fourth-order valence-corrected chi connectivity index (χ4v) is 11.9. The first kappa shape index (κ1) is 55.4. The minimum atomic E-state index is -3.67. The number of carbonyl (C=O) groups is 4. The van der Waals surface area contributed by atoms with Crippen LogP contribution in [0.4, 0.5) is 9.59 Å². The highest BCUT2D eigenvalue weighted by molar-refractivity contribution is 7.88. The normalized spacial score (nSPS) is 18.0. The van der Waals surface area contributed by atoms with Gasteiger partial charge in [-0.1, -0.05) is 113 Å². The molecule has 2 aromatic heterocycles. The molecular weight excluding hydrogens is 1040 g/mol. The van der Waals surface area contributed by atoms with Crippen molar-refractivity contribution >= 4 is 44.0 Å². The molecule has 2 saturated heterocycles. The van der Waals surface area contributed by atoms with E-state index in [0.29, 0.717) is 23.0 Å². The minimum Gasteiger partial charge on any atom is -0.453 e. The van der Waals surface area contributed by atoms with E-state index >= 15 is 0 Å². The number of aromatic nitrogens is 4. The Hall–Kier alpha value is -7.40. The van der Waals surface area contributed by atoms with Gasteiger partial charge in [0, 0.05) is 13.1 Å². The van der Waals surface area contributed by atoms with E-state index in [0.717, 1.165) is 71.6 Å². The van der Waals surface area contributed by atoms with Gasteiger partial charge in [-0.25, -0.2) is 36.4 Å². The second-order valence-corrected chi connectivity index (χ2v) is 24.9. The molecule has 4 heterocycles. The fourth-order valence-electron chi connectivity index (χ4n) is 10.4. The first-order valence-electron chi connectivity index (χ1n) is 25.8. The van der Waals surface area contributed by atoms with Gasteiger partial charge in [0.2, 0.25) is 31.9 Å². The molecule has 4 aromatic carbocycles. The number of benzene rings is 4. The molecule has 20 nitrogen and oxygen atoms in total. The third-order valence-corrected chi connectivity index (χ3v) is 17.4. The molecule has 4 amide bonds. The number of hydrogen-bond donors (Lipinski definition) is 4. The Morgan fingerprint density at radius 1 is 0.551 bits per heavy atom. The summed E-state index contributed by atoms with van der Waals surface area (Å²) in [6.07, 6.45) is 7.28. The summed E-state index contributed by atoms with van der Waals surface area (Å²) < 4.78 is 62.9. The minimum absolute atomic E-state index is 0.00191. The number of ether oxygens (including phenoxy) is 2. The van der Waals surface area contributed by atoms with Gasteiger partial charge in [0.25, 0.3) is 0 Å². The van der Waals surface area contributed by atoms with E-state index in [1.807, 2.05) is 24.3 Å². The van der Waals surface area contributed by atoms with Gasteiger partial charge in [-0.05, 0) is 93.2 Å². The number of aromatic amines is 2. The zero-order chi connectivity index (χ0) is 55.8. The molecule has 2 fully saturated rings. The number of hydrogen-bond acceptors (Lipinski definition) is 12. The molecule has 412 valence electrons. The first-order chi connectivity index (χ1) is 37.1. The second-order valence-electron chi connectivity index (χ2n) is 20.9. The third-order valence-electron chi connectivity index (χ3n) is 15.0. The maximum atomic E-state index is 14.0. The van der Waals surface area contributed by atoms with E-state index in [-0.39, 0.29) is 38.3 Å². The molecule has 4 aliphatic carbocycles. The zero-order valence-electron chi connectivity index (χ0n) is 44.9. The van der Waals surface area contributed by atoms with Crippen LogP contribution in [0.25, 0.3) is 44.8 Å². The third kappa shape index (κ3) is 11.9. The topological polar surface area (TPSA) is 249 Å². The Kier molecular flexibility index (Phi) is 16.0. The standard InChI is InChI=1S/C56H66N10O10S2/c1-33(2)49(61-55(69)75-5)53(67)65-31-63(77(7,71)72)29-47(65)51-57-27-45(59-51)41-21-17-39(18-22-41)43-25-35-9-13-37(43)15-11-36-10-14-38(16-12-35)44(26-36)40-19-23-42(24-20-40)46-28-58-52(60-46)48-30-64(78(8,73)74)32-66(48)54(68)50(34(3)4)62-56(70)76-6/h9-10,13-14,17-28,33-34,47-50H,11-12,15-16,29-32H2,1-8H3,(H,57,59)(H,58,60)(H,61,69)(H,62,70). The molecule has 4 unspecified atom stereocenters. The Labute approximate surface area is 455 Å². The highest BCUT2D eigenvalue weighted by Gasteiger charge is 2.45. The number of imidazole rings is 2. The lowest BCUT2D eigenvalue weighted by Gasteiger charge is -2.29. The number of H-pyrrole nitrogens is 2. The Morgan fingerprint density at radius 2 is 0.910 bits per heavy atom. The molecule has 2 aliphatic heterocycles. The molecule has 22 heteroatoms. The Morgan fingerprint density at radius 3 is 1.24 bits per heavy atom. The number of alkyl carbamates (subject to hydrolysis) is 2. The van der Waals surface area contributed by atoms with Crippen molar-refractivity contribution in [3.8, 4) is 44.8 Å². The van der Waals surface area contributed by atoms with Gasteiger partial charge in [0.05, 0.1) is 63.9 Å². The highest BCUT2D eigenvalue weighted by atomic mass is 32.2.